The van der Waals surface area contributed by atoms with Gasteiger partial charge in [0.05, 0.1) is 0 Å². The Balaban J connectivity index is 1.54. The van der Waals surface area contributed by atoms with Crippen molar-refractivity contribution in [3.8, 4) is 0 Å². The molecule has 26 heavy (non-hydrogen) atoms. The van der Waals surface area contributed by atoms with Gasteiger partial charge in [0.15, 0.2) is 12.2 Å². The second-order valence-electron chi connectivity index (χ2n) is 6.41. The molecule has 0 N–H and O–H groups in total. The predicted octanol–water partition coefficient (Wildman–Crippen LogP) is 3.52. The summed E-state index contributed by atoms with van der Waals surface area (Å²) in [6.07, 6.45) is -1.11. The zero-order valence-electron chi connectivity index (χ0n) is 15.0. The van der Waals surface area contributed by atoms with Crippen molar-refractivity contribution >= 4 is 11.9 Å². The van der Waals surface area contributed by atoms with Crippen molar-refractivity contribution in [1.29, 1.82) is 0 Å². The minimum absolute atomic E-state index is 0.0472. The van der Waals surface area contributed by atoms with Crippen LogP contribution in [0.3, 0.4) is 0 Å². The van der Waals surface area contributed by atoms with E-state index in [0.29, 0.717) is 12.5 Å². The number of hydrogen-bond acceptors (Lipinski definition) is 5. The lowest BCUT2D eigenvalue weighted by molar-refractivity contribution is -0.146. The summed E-state index contributed by atoms with van der Waals surface area (Å²) in [4.78, 5) is 16.7. The number of aliphatic imine (C=N–C) groups is 1. The Kier molecular flexibility index (Phi) is 6.02. The third-order valence-corrected chi connectivity index (χ3v) is 3.81. The van der Waals surface area contributed by atoms with Crippen molar-refractivity contribution in [2.75, 3.05) is 0 Å². The summed E-state index contributed by atoms with van der Waals surface area (Å²) >= 11 is 0. The van der Waals surface area contributed by atoms with E-state index in [2.05, 4.69) is 4.99 Å². The summed E-state index contributed by atoms with van der Waals surface area (Å²) in [6, 6.07) is 19.4. The average molecular weight is 353 g/mol. The molecule has 2 unspecified atom stereocenters. The fraction of sp³-hybridized carbons (Fsp3) is 0.333. The minimum Gasteiger partial charge on any atom is -0.474 e. The molecule has 0 saturated carbocycles. The highest BCUT2D eigenvalue weighted by molar-refractivity contribution is 5.92. The van der Waals surface area contributed by atoms with Gasteiger partial charge in [0.1, 0.15) is 13.2 Å². The number of epoxide rings is 1. The van der Waals surface area contributed by atoms with Crippen LogP contribution >= 0.6 is 0 Å². The molecule has 2 aromatic rings. The van der Waals surface area contributed by atoms with Crippen LogP contribution < -0.4 is 0 Å². The van der Waals surface area contributed by atoms with Crippen LogP contribution in [0.2, 0.25) is 0 Å². The fourth-order valence-electron chi connectivity index (χ4n) is 2.47. The standard InChI is InChI=1S/C21H23NO4/c1-15(2)22-20(24-13-16-9-5-3-6-10-16)18-19(26-18)21(23)25-14-17-11-7-4-8-12-17/h3-12,15,18-19H,13-14H2,1-2H3. The quantitative estimate of drug-likeness (QED) is 0.331. The molecule has 2 aromatic carbocycles. The zero-order chi connectivity index (χ0) is 18.4. The van der Waals surface area contributed by atoms with Gasteiger partial charge in [0.2, 0.25) is 5.90 Å². The number of benzene rings is 2. The molecule has 136 valence electrons. The number of hydrogen-bond donors (Lipinski definition) is 0. The van der Waals surface area contributed by atoms with Crippen LogP contribution in [0, 0.1) is 0 Å². The Hall–Kier alpha value is -2.66. The molecule has 5 nitrogen and oxygen atoms in total. The lowest BCUT2D eigenvalue weighted by Crippen LogP contribution is -2.21. The molecule has 0 aromatic heterocycles. The molecule has 0 radical (unpaired) electrons. The maximum Gasteiger partial charge on any atom is 0.338 e. The summed E-state index contributed by atoms with van der Waals surface area (Å²) in [5.41, 5.74) is 1.97. The average Bonchev–Trinajstić information content (AvgIpc) is 3.45. The largest absolute Gasteiger partial charge is 0.474 e. The number of carbonyl (C=O) groups is 1. The van der Waals surface area contributed by atoms with Gasteiger partial charge in [-0.25, -0.2) is 4.79 Å². The highest BCUT2D eigenvalue weighted by Gasteiger charge is 2.51. The molecule has 2 atom stereocenters. The molecule has 1 saturated heterocycles. The molecule has 0 amide bonds. The molecule has 1 heterocycles. The van der Waals surface area contributed by atoms with Gasteiger partial charge < -0.3 is 14.2 Å². The van der Waals surface area contributed by atoms with Crippen LogP contribution in [0.4, 0.5) is 0 Å². The van der Waals surface area contributed by atoms with Crippen molar-refractivity contribution in [2.24, 2.45) is 4.99 Å². The highest BCUT2D eigenvalue weighted by Crippen LogP contribution is 2.27. The topological polar surface area (TPSA) is 60.4 Å². The molecular weight excluding hydrogens is 330 g/mol. The third-order valence-electron chi connectivity index (χ3n) is 3.81. The molecule has 1 fully saturated rings. The minimum atomic E-state index is -0.646. The monoisotopic (exact) mass is 353 g/mol. The number of carbonyl (C=O) groups excluding carboxylic acids is 1. The first-order valence-corrected chi connectivity index (χ1v) is 8.74. The first-order chi connectivity index (χ1) is 12.6. The lowest BCUT2D eigenvalue weighted by Gasteiger charge is -2.09. The van der Waals surface area contributed by atoms with Crippen LogP contribution in [0.25, 0.3) is 0 Å². The van der Waals surface area contributed by atoms with Gasteiger partial charge in [-0.3, -0.25) is 4.99 Å². The van der Waals surface area contributed by atoms with Crippen LogP contribution in [-0.4, -0.2) is 30.1 Å². The third kappa shape index (κ3) is 5.17. The van der Waals surface area contributed by atoms with Crippen molar-refractivity contribution in [1.82, 2.24) is 0 Å². The molecule has 1 aliphatic rings. The lowest BCUT2D eigenvalue weighted by atomic mass is 10.2. The molecular formula is C21H23NO4. The van der Waals surface area contributed by atoms with Gasteiger partial charge in [-0.1, -0.05) is 60.7 Å². The Morgan fingerprint density at radius 1 is 0.923 bits per heavy atom. The SMILES string of the molecule is CC(C)N=C(OCc1ccccc1)C1OC1C(=O)OCc1ccccc1. The summed E-state index contributed by atoms with van der Waals surface area (Å²) < 4.78 is 16.6. The van der Waals surface area contributed by atoms with E-state index in [1.54, 1.807) is 0 Å². The van der Waals surface area contributed by atoms with Gasteiger partial charge in [0.25, 0.3) is 0 Å². The van der Waals surface area contributed by atoms with Crippen molar-refractivity contribution in [3.63, 3.8) is 0 Å². The summed E-state index contributed by atoms with van der Waals surface area (Å²) in [7, 11) is 0. The number of rotatable bonds is 7. The molecule has 0 aliphatic carbocycles. The summed E-state index contributed by atoms with van der Waals surface area (Å²) in [6.45, 7) is 4.53. The Bertz CT molecular complexity index is 743. The molecule has 3 rings (SSSR count). The maximum atomic E-state index is 12.2. The van der Waals surface area contributed by atoms with E-state index in [1.807, 2.05) is 74.5 Å². The highest BCUT2D eigenvalue weighted by atomic mass is 16.7. The molecule has 0 spiro atoms. The number of nitrogens with zero attached hydrogens (tertiary/aromatic N) is 1. The van der Waals surface area contributed by atoms with E-state index in [9.17, 15) is 4.79 Å². The van der Waals surface area contributed by atoms with Crippen LogP contribution in [0.5, 0.6) is 0 Å². The molecule has 5 heteroatoms. The molecule has 0 bridgehead atoms. The van der Waals surface area contributed by atoms with E-state index < -0.39 is 18.2 Å². The van der Waals surface area contributed by atoms with E-state index in [0.717, 1.165) is 11.1 Å². The Morgan fingerprint density at radius 3 is 2.00 bits per heavy atom. The first-order valence-electron chi connectivity index (χ1n) is 8.74. The predicted molar refractivity (Wildman–Crippen MR) is 98.7 cm³/mol. The van der Waals surface area contributed by atoms with Gasteiger partial charge in [-0.2, -0.15) is 0 Å². The number of esters is 1. The van der Waals surface area contributed by atoms with Crippen molar-refractivity contribution in [2.45, 2.75) is 45.3 Å². The second-order valence-corrected chi connectivity index (χ2v) is 6.41. The van der Waals surface area contributed by atoms with Crippen LogP contribution in [0.1, 0.15) is 25.0 Å². The second kappa shape index (κ2) is 8.63. The summed E-state index contributed by atoms with van der Waals surface area (Å²) in [5, 5.41) is 0. The van der Waals surface area contributed by atoms with Crippen molar-refractivity contribution < 1.29 is 19.0 Å². The Labute approximate surface area is 153 Å². The van der Waals surface area contributed by atoms with Gasteiger partial charge in [0, 0.05) is 6.04 Å². The van der Waals surface area contributed by atoms with Crippen LogP contribution in [0.15, 0.2) is 65.7 Å². The van der Waals surface area contributed by atoms with E-state index in [4.69, 9.17) is 14.2 Å². The Morgan fingerprint density at radius 2 is 1.46 bits per heavy atom. The van der Waals surface area contributed by atoms with Crippen molar-refractivity contribution in [3.05, 3.63) is 71.8 Å². The molecule has 1 aliphatic heterocycles. The maximum absolute atomic E-state index is 12.2. The summed E-state index contributed by atoms with van der Waals surface area (Å²) in [5.74, 6) is 0.0594. The zero-order valence-corrected chi connectivity index (χ0v) is 15.0. The number of ether oxygens (including phenoxy) is 3. The fourth-order valence-corrected chi connectivity index (χ4v) is 2.47. The normalized spacial score (nSPS) is 19.3. The van der Waals surface area contributed by atoms with Gasteiger partial charge >= 0.3 is 5.97 Å². The van der Waals surface area contributed by atoms with Gasteiger partial charge in [-0.15, -0.1) is 0 Å². The van der Waals surface area contributed by atoms with E-state index in [-0.39, 0.29) is 12.6 Å². The van der Waals surface area contributed by atoms with E-state index >= 15 is 0 Å². The van der Waals surface area contributed by atoms with E-state index in [1.165, 1.54) is 0 Å². The van der Waals surface area contributed by atoms with Gasteiger partial charge in [-0.05, 0) is 25.0 Å². The first kappa shape index (κ1) is 18.1. The smallest absolute Gasteiger partial charge is 0.338 e. The van der Waals surface area contributed by atoms with Crippen LogP contribution in [-0.2, 0) is 32.2 Å².